The number of halogens is 3. The van der Waals surface area contributed by atoms with Crippen molar-refractivity contribution < 1.29 is 9.18 Å². The Hall–Kier alpha value is -1.50. The summed E-state index contributed by atoms with van der Waals surface area (Å²) in [5.41, 5.74) is 2.61. The molecule has 2 heterocycles. The first-order chi connectivity index (χ1) is 10.5. The average Bonchev–Trinajstić information content (AvgIpc) is 2.49. The van der Waals surface area contributed by atoms with Gasteiger partial charge in [0.25, 0.3) is 5.91 Å². The molecule has 1 saturated heterocycles. The van der Waals surface area contributed by atoms with Crippen molar-refractivity contribution >= 4 is 41.8 Å². The molecule has 1 aromatic carbocycles. The minimum atomic E-state index is -0.472. The van der Waals surface area contributed by atoms with Gasteiger partial charge in [-0.3, -0.25) is 4.79 Å². The first kappa shape index (κ1) is 20.5. The number of aryl methyl sites for hydroxylation is 2. The van der Waals surface area contributed by atoms with Crippen LogP contribution in [-0.2, 0) is 0 Å². The topological polar surface area (TPSA) is 66.9 Å². The zero-order valence-corrected chi connectivity index (χ0v) is 15.2. The Labute approximate surface area is 152 Å². The second-order valence-corrected chi connectivity index (χ2v) is 5.71. The summed E-state index contributed by atoms with van der Waals surface area (Å²) < 4.78 is 13.8. The van der Waals surface area contributed by atoms with Crippen LogP contribution in [0.4, 0.5) is 4.39 Å². The van der Waals surface area contributed by atoms with E-state index >= 15 is 0 Å². The van der Waals surface area contributed by atoms with E-state index in [9.17, 15) is 9.18 Å². The summed E-state index contributed by atoms with van der Waals surface area (Å²) in [6.45, 7) is 5.42. The summed E-state index contributed by atoms with van der Waals surface area (Å²) >= 11 is 0. The van der Waals surface area contributed by atoms with Crippen molar-refractivity contribution in [2.75, 3.05) is 13.1 Å². The zero-order chi connectivity index (χ0) is 15.7. The first-order valence-electron chi connectivity index (χ1n) is 7.50. The van der Waals surface area contributed by atoms with E-state index in [4.69, 9.17) is 0 Å². The molecule has 1 aliphatic heterocycles. The Kier molecular flexibility index (Phi) is 7.32. The van der Waals surface area contributed by atoms with Crippen LogP contribution in [0.3, 0.4) is 0 Å². The van der Waals surface area contributed by atoms with Gasteiger partial charge < -0.3 is 10.6 Å². The van der Waals surface area contributed by atoms with E-state index in [0.29, 0.717) is 11.0 Å². The molecule has 1 aromatic heterocycles. The molecule has 8 heteroatoms. The molecule has 0 atom stereocenters. The van der Waals surface area contributed by atoms with Crippen LogP contribution in [0, 0.1) is 19.7 Å². The smallest absolute Gasteiger partial charge is 0.253 e. The fourth-order valence-corrected chi connectivity index (χ4v) is 2.70. The normalized spacial score (nSPS) is 14.6. The number of benzene rings is 1. The van der Waals surface area contributed by atoms with Crippen molar-refractivity contribution in [3.05, 3.63) is 34.9 Å². The van der Waals surface area contributed by atoms with E-state index in [1.807, 2.05) is 13.8 Å². The molecular weight excluding hydrogens is 354 g/mol. The predicted molar refractivity (Wildman–Crippen MR) is 96.8 cm³/mol. The molecule has 2 N–H and O–H groups in total. The van der Waals surface area contributed by atoms with Crippen LogP contribution in [0.25, 0.3) is 11.0 Å². The molecule has 0 spiro atoms. The summed E-state index contributed by atoms with van der Waals surface area (Å²) in [5, 5.41) is 6.22. The number of amides is 1. The molecule has 132 valence electrons. The number of piperidine rings is 1. The number of nitrogens with zero attached hydrogens (tertiary/aromatic N) is 2. The Morgan fingerprint density at radius 3 is 2.46 bits per heavy atom. The lowest BCUT2D eigenvalue weighted by atomic mass is 10.1. The Balaban J connectivity index is 0.00000144. The molecule has 1 fully saturated rings. The molecule has 0 radical (unpaired) electrons. The average molecular weight is 375 g/mol. The van der Waals surface area contributed by atoms with Crippen molar-refractivity contribution in [1.82, 2.24) is 20.6 Å². The van der Waals surface area contributed by atoms with Crippen LogP contribution in [0.2, 0.25) is 0 Å². The lowest BCUT2D eigenvalue weighted by Crippen LogP contribution is -2.42. The number of nitrogens with one attached hydrogen (secondary N) is 2. The van der Waals surface area contributed by atoms with Crippen molar-refractivity contribution in [3.8, 4) is 0 Å². The molecule has 1 amide bonds. The van der Waals surface area contributed by atoms with Crippen LogP contribution < -0.4 is 10.6 Å². The third kappa shape index (κ3) is 4.32. The number of aromatic nitrogens is 2. The highest BCUT2D eigenvalue weighted by Gasteiger charge is 2.20. The standard InChI is InChI=1S/C16H19FN4O.2ClH/c1-9-10(2)20-15-13(7-11(17)8-14(15)19-9)16(22)21-12-3-5-18-6-4-12;;/h7-8,12,18H,3-6H2,1-2H3,(H,21,22);2*1H. The molecule has 3 rings (SSSR count). The van der Waals surface area contributed by atoms with Gasteiger partial charge in [0.05, 0.1) is 22.5 Å². The van der Waals surface area contributed by atoms with Crippen LogP contribution in [0.1, 0.15) is 34.6 Å². The summed E-state index contributed by atoms with van der Waals surface area (Å²) in [6, 6.07) is 2.67. The lowest BCUT2D eigenvalue weighted by Gasteiger charge is -2.23. The fraction of sp³-hybridized carbons (Fsp3) is 0.438. The van der Waals surface area contributed by atoms with Gasteiger partial charge >= 0.3 is 0 Å². The number of fused-ring (bicyclic) bond motifs is 1. The molecule has 0 unspecified atom stereocenters. The van der Waals surface area contributed by atoms with Gasteiger partial charge in [-0.25, -0.2) is 14.4 Å². The van der Waals surface area contributed by atoms with Crippen molar-refractivity contribution in [3.63, 3.8) is 0 Å². The highest BCUT2D eigenvalue weighted by atomic mass is 35.5. The van der Waals surface area contributed by atoms with Crippen LogP contribution in [0.5, 0.6) is 0 Å². The van der Waals surface area contributed by atoms with Gasteiger partial charge in [0, 0.05) is 12.1 Å². The van der Waals surface area contributed by atoms with Gasteiger partial charge in [0.2, 0.25) is 0 Å². The largest absolute Gasteiger partial charge is 0.349 e. The Morgan fingerprint density at radius 2 is 1.79 bits per heavy atom. The lowest BCUT2D eigenvalue weighted by molar-refractivity contribution is 0.0930. The third-order valence-corrected chi connectivity index (χ3v) is 4.06. The number of carbonyl (C=O) groups is 1. The van der Waals surface area contributed by atoms with E-state index < -0.39 is 5.82 Å². The van der Waals surface area contributed by atoms with Crippen LogP contribution in [-0.4, -0.2) is 35.0 Å². The van der Waals surface area contributed by atoms with E-state index in [2.05, 4.69) is 20.6 Å². The summed E-state index contributed by atoms with van der Waals surface area (Å²) in [5.74, 6) is -0.755. The van der Waals surface area contributed by atoms with E-state index in [0.717, 1.165) is 37.3 Å². The Bertz CT molecular complexity index is 736. The molecule has 0 saturated carbocycles. The first-order valence-corrected chi connectivity index (χ1v) is 7.50. The van der Waals surface area contributed by atoms with E-state index in [1.165, 1.54) is 12.1 Å². The van der Waals surface area contributed by atoms with Gasteiger partial charge in [-0.15, -0.1) is 24.8 Å². The van der Waals surface area contributed by atoms with Gasteiger partial charge in [0.15, 0.2) is 0 Å². The maximum absolute atomic E-state index is 13.8. The minimum absolute atomic E-state index is 0. The van der Waals surface area contributed by atoms with E-state index in [1.54, 1.807) is 0 Å². The molecule has 24 heavy (non-hydrogen) atoms. The van der Waals surface area contributed by atoms with E-state index in [-0.39, 0.29) is 42.3 Å². The van der Waals surface area contributed by atoms with Crippen molar-refractivity contribution in [2.24, 2.45) is 0 Å². The van der Waals surface area contributed by atoms with Crippen LogP contribution >= 0.6 is 24.8 Å². The van der Waals surface area contributed by atoms with Crippen molar-refractivity contribution in [1.29, 1.82) is 0 Å². The fourth-order valence-electron chi connectivity index (χ4n) is 2.70. The molecule has 1 aliphatic rings. The SMILES string of the molecule is Cc1nc2cc(F)cc(C(=O)NC3CCNCC3)c2nc1C.Cl.Cl. The minimum Gasteiger partial charge on any atom is -0.349 e. The molecular formula is C16H21Cl2FN4O. The summed E-state index contributed by atoms with van der Waals surface area (Å²) in [7, 11) is 0. The zero-order valence-electron chi connectivity index (χ0n) is 13.6. The van der Waals surface area contributed by atoms with Gasteiger partial charge in [0.1, 0.15) is 11.3 Å². The summed E-state index contributed by atoms with van der Waals surface area (Å²) in [4.78, 5) is 21.3. The second kappa shape index (κ2) is 8.55. The maximum Gasteiger partial charge on any atom is 0.253 e. The maximum atomic E-state index is 13.8. The van der Waals surface area contributed by atoms with Crippen molar-refractivity contribution in [2.45, 2.75) is 32.7 Å². The predicted octanol–water partition coefficient (Wildman–Crippen LogP) is 2.71. The van der Waals surface area contributed by atoms with Crippen LogP contribution in [0.15, 0.2) is 12.1 Å². The molecule has 0 aliphatic carbocycles. The molecule has 0 bridgehead atoms. The second-order valence-electron chi connectivity index (χ2n) is 5.71. The summed E-state index contributed by atoms with van der Waals surface area (Å²) in [6.07, 6.45) is 1.76. The Morgan fingerprint density at radius 1 is 1.17 bits per heavy atom. The monoisotopic (exact) mass is 374 g/mol. The molecule has 2 aromatic rings. The molecule has 5 nitrogen and oxygen atoms in total. The number of hydrogen-bond acceptors (Lipinski definition) is 4. The number of carbonyl (C=O) groups excluding carboxylic acids is 1. The van der Waals surface area contributed by atoms with Gasteiger partial charge in [-0.2, -0.15) is 0 Å². The highest BCUT2D eigenvalue weighted by molar-refractivity contribution is 6.04. The number of rotatable bonds is 2. The highest BCUT2D eigenvalue weighted by Crippen LogP contribution is 2.19. The van der Waals surface area contributed by atoms with Gasteiger partial charge in [-0.05, 0) is 45.8 Å². The third-order valence-electron chi connectivity index (χ3n) is 4.06. The quantitative estimate of drug-likeness (QED) is 0.847. The van der Waals surface area contributed by atoms with Gasteiger partial charge in [-0.1, -0.05) is 0 Å². The number of hydrogen-bond donors (Lipinski definition) is 2.